The van der Waals surface area contributed by atoms with Gasteiger partial charge >= 0.3 is 5.97 Å². The van der Waals surface area contributed by atoms with E-state index in [1.54, 1.807) is 6.08 Å². The number of fused-ring (bicyclic) bond motifs is 2. The van der Waals surface area contributed by atoms with Gasteiger partial charge in [0, 0.05) is 6.54 Å². The van der Waals surface area contributed by atoms with Crippen LogP contribution in [0.4, 0.5) is 0 Å². The van der Waals surface area contributed by atoms with E-state index in [-0.39, 0.29) is 5.70 Å². The second kappa shape index (κ2) is 3.63. The van der Waals surface area contributed by atoms with Crippen molar-refractivity contribution in [1.82, 2.24) is 5.32 Å². The van der Waals surface area contributed by atoms with Crippen molar-refractivity contribution in [2.45, 2.75) is 6.54 Å². The van der Waals surface area contributed by atoms with E-state index in [1.807, 2.05) is 24.3 Å². The SMILES string of the molecule is O=C(O)C1=Cc2cc3ccccc3cc2CN1. The molecular weight excluding hydrogens is 214 g/mol. The molecule has 0 radical (unpaired) electrons. The zero-order chi connectivity index (χ0) is 11.8. The number of carboxylic acids is 1. The van der Waals surface area contributed by atoms with Crippen molar-refractivity contribution in [3.8, 4) is 0 Å². The van der Waals surface area contributed by atoms with Crippen LogP contribution < -0.4 is 5.32 Å². The molecule has 1 aliphatic rings. The van der Waals surface area contributed by atoms with Crippen LogP contribution in [-0.4, -0.2) is 11.1 Å². The minimum atomic E-state index is -0.913. The Hall–Kier alpha value is -2.29. The first-order valence-electron chi connectivity index (χ1n) is 5.44. The van der Waals surface area contributed by atoms with E-state index >= 15 is 0 Å². The van der Waals surface area contributed by atoms with Gasteiger partial charge in [0.05, 0.1) is 0 Å². The monoisotopic (exact) mass is 225 g/mol. The van der Waals surface area contributed by atoms with Crippen molar-refractivity contribution < 1.29 is 9.90 Å². The lowest BCUT2D eigenvalue weighted by Crippen LogP contribution is -2.23. The largest absolute Gasteiger partial charge is 0.477 e. The van der Waals surface area contributed by atoms with Gasteiger partial charge in [0.25, 0.3) is 0 Å². The summed E-state index contributed by atoms with van der Waals surface area (Å²) in [5.41, 5.74) is 2.38. The van der Waals surface area contributed by atoms with Crippen LogP contribution in [-0.2, 0) is 11.3 Å². The lowest BCUT2D eigenvalue weighted by molar-refractivity contribution is -0.133. The fourth-order valence-corrected chi connectivity index (χ4v) is 2.13. The summed E-state index contributed by atoms with van der Waals surface area (Å²) in [5, 5.41) is 14.2. The van der Waals surface area contributed by atoms with Crippen molar-refractivity contribution in [3.05, 3.63) is 53.2 Å². The smallest absolute Gasteiger partial charge is 0.351 e. The number of hydrogen-bond acceptors (Lipinski definition) is 2. The second-order valence-electron chi connectivity index (χ2n) is 4.11. The Bertz CT molecular complexity index is 644. The lowest BCUT2D eigenvalue weighted by Gasteiger charge is -2.17. The highest BCUT2D eigenvalue weighted by Gasteiger charge is 2.14. The van der Waals surface area contributed by atoms with Gasteiger partial charge in [0.2, 0.25) is 0 Å². The maximum atomic E-state index is 10.9. The predicted molar refractivity (Wildman–Crippen MR) is 66.4 cm³/mol. The number of rotatable bonds is 1. The molecule has 0 unspecified atom stereocenters. The van der Waals surface area contributed by atoms with Crippen molar-refractivity contribution in [2.75, 3.05) is 0 Å². The third-order valence-electron chi connectivity index (χ3n) is 3.01. The standard InChI is InChI=1S/C14H11NO2/c16-14(17)13-7-11-5-9-3-1-2-4-10(9)6-12(11)8-15-13/h1-7,15H,8H2,(H,16,17). The van der Waals surface area contributed by atoms with Crippen LogP contribution in [0.1, 0.15) is 11.1 Å². The fourth-order valence-electron chi connectivity index (χ4n) is 2.13. The van der Waals surface area contributed by atoms with Crippen LogP contribution in [0.15, 0.2) is 42.1 Å². The Morgan fingerprint density at radius 2 is 1.88 bits per heavy atom. The first-order valence-corrected chi connectivity index (χ1v) is 5.44. The molecular formula is C14H11NO2. The highest BCUT2D eigenvalue weighted by atomic mass is 16.4. The van der Waals surface area contributed by atoms with E-state index < -0.39 is 5.97 Å². The summed E-state index contributed by atoms with van der Waals surface area (Å²) in [6, 6.07) is 12.2. The lowest BCUT2D eigenvalue weighted by atomic mass is 9.98. The zero-order valence-corrected chi connectivity index (χ0v) is 9.10. The highest BCUT2D eigenvalue weighted by Crippen LogP contribution is 2.24. The molecule has 0 bridgehead atoms. The molecule has 0 saturated heterocycles. The number of nitrogens with one attached hydrogen (secondary N) is 1. The topological polar surface area (TPSA) is 49.3 Å². The normalized spacial score (nSPS) is 13.8. The Labute approximate surface area is 98.4 Å². The summed E-state index contributed by atoms with van der Waals surface area (Å²) >= 11 is 0. The van der Waals surface area contributed by atoms with Gasteiger partial charge in [-0.1, -0.05) is 24.3 Å². The number of carboxylic acid groups (broad SMARTS) is 1. The molecule has 2 aromatic rings. The van der Waals surface area contributed by atoms with Crippen molar-refractivity contribution in [1.29, 1.82) is 0 Å². The van der Waals surface area contributed by atoms with E-state index in [1.165, 1.54) is 5.39 Å². The van der Waals surface area contributed by atoms with Crippen molar-refractivity contribution >= 4 is 22.8 Å². The van der Waals surface area contributed by atoms with Crippen LogP contribution in [0, 0.1) is 0 Å². The van der Waals surface area contributed by atoms with Crippen LogP contribution in [0.5, 0.6) is 0 Å². The molecule has 0 spiro atoms. The van der Waals surface area contributed by atoms with Gasteiger partial charge in [-0.2, -0.15) is 0 Å². The summed E-state index contributed by atoms with van der Waals surface area (Å²) in [4.78, 5) is 10.9. The zero-order valence-electron chi connectivity index (χ0n) is 9.10. The number of benzene rings is 2. The summed E-state index contributed by atoms with van der Waals surface area (Å²) in [5.74, 6) is -0.913. The molecule has 0 atom stereocenters. The maximum Gasteiger partial charge on any atom is 0.351 e. The average molecular weight is 225 g/mol. The fraction of sp³-hybridized carbons (Fsp3) is 0.0714. The first-order chi connectivity index (χ1) is 8.24. The van der Waals surface area contributed by atoms with Crippen LogP contribution in [0.2, 0.25) is 0 Å². The van der Waals surface area contributed by atoms with E-state index in [9.17, 15) is 4.79 Å². The molecule has 0 amide bonds. The molecule has 0 fully saturated rings. The van der Waals surface area contributed by atoms with Gasteiger partial charge < -0.3 is 10.4 Å². The van der Waals surface area contributed by atoms with Gasteiger partial charge in [-0.25, -0.2) is 4.79 Å². The average Bonchev–Trinajstić information content (AvgIpc) is 2.35. The summed E-state index contributed by atoms with van der Waals surface area (Å²) < 4.78 is 0. The molecule has 84 valence electrons. The van der Waals surface area contributed by atoms with Crippen molar-refractivity contribution in [3.63, 3.8) is 0 Å². The van der Waals surface area contributed by atoms with E-state index in [2.05, 4.69) is 17.4 Å². The van der Waals surface area contributed by atoms with Gasteiger partial charge in [-0.15, -0.1) is 0 Å². The Balaban J connectivity index is 2.20. The van der Waals surface area contributed by atoms with Crippen LogP contribution in [0.3, 0.4) is 0 Å². The van der Waals surface area contributed by atoms with Gasteiger partial charge in [0.15, 0.2) is 0 Å². The minimum absolute atomic E-state index is 0.257. The molecule has 2 aromatic carbocycles. The molecule has 3 nitrogen and oxygen atoms in total. The number of carbonyl (C=O) groups is 1. The third kappa shape index (κ3) is 1.65. The van der Waals surface area contributed by atoms with Crippen LogP contribution in [0.25, 0.3) is 16.8 Å². The predicted octanol–water partition coefficient (Wildman–Crippen LogP) is 2.37. The van der Waals surface area contributed by atoms with Gasteiger partial charge in [0.1, 0.15) is 5.70 Å². The minimum Gasteiger partial charge on any atom is -0.477 e. The number of aliphatic carboxylic acids is 1. The van der Waals surface area contributed by atoms with Gasteiger partial charge in [-0.3, -0.25) is 0 Å². The molecule has 0 aromatic heterocycles. The summed E-state index contributed by atoms with van der Waals surface area (Å²) in [7, 11) is 0. The number of hydrogen-bond donors (Lipinski definition) is 2. The van der Waals surface area contributed by atoms with Crippen molar-refractivity contribution in [2.24, 2.45) is 0 Å². The Morgan fingerprint density at radius 3 is 2.59 bits per heavy atom. The Morgan fingerprint density at radius 1 is 1.18 bits per heavy atom. The molecule has 1 heterocycles. The molecule has 3 heteroatoms. The van der Waals surface area contributed by atoms with Crippen LogP contribution >= 0.6 is 0 Å². The van der Waals surface area contributed by atoms with E-state index in [0.29, 0.717) is 6.54 Å². The molecule has 17 heavy (non-hydrogen) atoms. The van der Waals surface area contributed by atoms with E-state index in [0.717, 1.165) is 16.5 Å². The quantitative estimate of drug-likeness (QED) is 0.783. The molecule has 0 aliphatic carbocycles. The van der Waals surface area contributed by atoms with E-state index in [4.69, 9.17) is 5.11 Å². The molecule has 0 saturated carbocycles. The van der Waals surface area contributed by atoms with Gasteiger partial charge in [-0.05, 0) is 40.1 Å². The first kappa shape index (κ1) is 9.90. The third-order valence-corrected chi connectivity index (χ3v) is 3.01. The highest BCUT2D eigenvalue weighted by molar-refractivity contribution is 5.94. The Kier molecular flexibility index (Phi) is 2.11. The molecule has 1 aliphatic heterocycles. The molecule has 2 N–H and O–H groups in total. The summed E-state index contributed by atoms with van der Waals surface area (Å²) in [6.07, 6.45) is 1.69. The second-order valence-corrected chi connectivity index (χ2v) is 4.11. The summed E-state index contributed by atoms with van der Waals surface area (Å²) in [6.45, 7) is 0.568. The molecule has 3 rings (SSSR count). The maximum absolute atomic E-state index is 10.9.